The van der Waals surface area contributed by atoms with E-state index in [1.807, 2.05) is 6.33 Å². The van der Waals surface area contributed by atoms with Crippen molar-refractivity contribution in [1.82, 2.24) is 19.8 Å². The van der Waals surface area contributed by atoms with Gasteiger partial charge in [0.15, 0.2) is 0 Å². The van der Waals surface area contributed by atoms with Crippen LogP contribution < -0.4 is 0 Å². The number of rotatable bonds is 2. The van der Waals surface area contributed by atoms with Crippen molar-refractivity contribution >= 4 is 17.2 Å². The molecular formula is C21H28N4OS. The summed E-state index contributed by atoms with van der Waals surface area (Å²) < 4.78 is 0. The van der Waals surface area contributed by atoms with Crippen LogP contribution in [0.2, 0.25) is 0 Å². The number of hydrogen-bond donors (Lipinski definition) is 1. The first kappa shape index (κ1) is 17.4. The van der Waals surface area contributed by atoms with Crippen LogP contribution in [0.25, 0.3) is 0 Å². The summed E-state index contributed by atoms with van der Waals surface area (Å²) in [5.74, 6) is 0.263. The number of amides is 1. The summed E-state index contributed by atoms with van der Waals surface area (Å²) in [5.41, 5.74) is 5.31. The number of imidazole rings is 1. The van der Waals surface area contributed by atoms with Crippen LogP contribution >= 0.6 is 11.3 Å². The first-order valence-electron chi connectivity index (χ1n) is 10.4. The van der Waals surface area contributed by atoms with Gasteiger partial charge < -0.3 is 9.88 Å². The van der Waals surface area contributed by atoms with E-state index in [2.05, 4.69) is 27.1 Å². The van der Waals surface area contributed by atoms with Gasteiger partial charge in [0, 0.05) is 31.7 Å². The molecule has 1 N–H and O–H groups in total. The van der Waals surface area contributed by atoms with E-state index in [9.17, 15) is 4.79 Å². The number of carbonyl (C=O) groups is 1. The third-order valence-corrected chi connectivity index (χ3v) is 8.01. The number of likely N-dealkylation sites (N-methyl/N-ethyl adjacent to an activating group) is 1. The number of aromatic amines is 1. The van der Waals surface area contributed by atoms with Crippen LogP contribution in [-0.4, -0.2) is 51.9 Å². The van der Waals surface area contributed by atoms with Gasteiger partial charge in [-0.05, 0) is 61.6 Å². The second kappa shape index (κ2) is 6.74. The molecule has 0 unspecified atom stereocenters. The molecule has 3 aliphatic rings. The highest BCUT2D eigenvalue weighted by Gasteiger charge is 2.46. The average Bonchev–Trinajstić information content (AvgIpc) is 3.36. The van der Waals surface area contributed by atoms with Gasteiger partial charge in [-0.1, -0.05) is 6.92 Å². The SMILES string of the molecule is CCN1CCc2[nH]cnc2C12CCN(C(=O)c1scc3c1CCCC3)CC2. The Morgan fingerprint density at radius 3 is 2.85 bits per heavy atom. The summed E-state index contributed by atoms with van der Waals surface area (Å²) >= 11 is 1.67. The Kier molecular flexibility index (Phi) is 4.36. The molecule has 0 atom stereocenters. The Balaban J connectivity index is 1.37. The number of nitrogens with one attached hydrogen (secondary N) is 1. The van der Waals surface area contributed by atoms with Crippen molar-refractivity contribution in [3.63, 3.8) is 0 Å². The van der Waals surface area contributed by atoms with Crippen molar-refractivity contribution in [3.8, 4) is 0 Å². The zero-order valence-electron chi connectivity index (χ0n) is 16.1. The van der Waals surface area contributed by atoms with E-state index in [0.717, 1.165) is 63.2 Å². The first-order valence-corrected chi connectivity index (χ1v) is 11.3. The lowest BCUT2D eigenvalue weighted by molar-refractivity contribution is 0.0104. The van der Waals surface area contributed by atoms with Crippen LogP contribution in [0.4, 0.5) is 0 Å². The molecule has 0 saturated carbocycles. The summed E-state index contributed by atoms with van der Waals surface area (Å²) in [7, 11) is 0. The first-order chi connectivity index (χ1) is 13.2. The smallest absolute Gasteiger partial charge is 0.264 e. The summed E-state index contributed by atoms with van der Waals surface area (Å²) in [5, 5.41) is 2.23. The van der Waals surface area contributed by atoms with Crippen LogP contribution in [0.5, 0.6) is 0 Å². The van der Waals surface area contributed by atoms with Gasteiger partial charge >= 0.3 is 0 Å². The van der Waals surface area contributed by atoms with Gasteiger partial charge in [0.2, 0.25) is 0 Å². The van der Waals surface area contributed by atoms with E-state index in [-0.39, 0.29) is 11.4 Å². The van der Waals surface area contributed by atoms with Gasteiger partial charge in [0.05, 0.1) is 22.4 Å². The predicted molar refractivity (Wildman–Crippen MR) is 107 cm³/mol. The van der Waals surface area contributed by atoms with Gasteiger partial charge in [-0.25, -0.2) is 4.98 Å². The van der Waals surface area contributed by atoms with E-state index in [0.29, 0.717) is 0 Å². The van der Waals surface area contributed by atoms with Crippen molar-refractivity contribution in [3.05, 3.63) is 39.1 Å². The predicted octanol–water partition coefficient (Wildman–Crippen LogP) is 3.36. The fourth-order valence-electron chi connectivity index (χ4n) is 5.46. The van der Waals surface area contributed by atoms with E-state index >= 15 is 0 Å². The Hall–Kier alpha value is -1.66. The molecule has 1 aliphatic carbocycles. The summed E-state index contributed by atoms with van der Waals surface area (Å²) in [4.78, 5) is 27.0. The number of nitrogens with zero attached hydrogens (tertiary/aromatic N) is 3. The van der Waals surface area contributed by atoms with Crippen LogP contribution in [0.1, 0.15) is 64.8 Å². The lowest BCUT2D eigenvalue weighted by atomic mass is 9.78. The zero-order valence-corrected chi connectivity index (χ0v) is 16.9. The molecule has 1 fully saturated rings. The molecular weight excluding hydrogens is 356 g/mol. The number of carbonyl (C=O) groups excluding carboxylic acids is 1. The molecule has 27 heavy (non-hydrogen) atoms. The molecule has 1 spiro atoms. The maximum absolute atomic E-state index is 13.3. The molecule has 1 amide bonds. The molecule has 4 heterocycles. The maximum Gasteiger partial charge on any atom is 0.264 e. The van der Waals surface area contributed by atoms with Crippen LogP contribution in [0.15, 0.2) is 11.7 Å². The maximum atomic E-state index is 13.3. The Labute approximate surface area is 164 Å². The lowest BCUT2D eigenvalue weighted by Gasteiger charge is -2.50. The zero-order chi connectivity index (χ0) is 18.4. The minimum Gasteiger partial charge on any atom is -0.348 e. The highest BCUT2D eigenvalue weighted by molar-refractivity contribution is 7.12. The number of aryl methyl sites for hydroxylation is 1. The highest BCUT2D eigenvalue weighted by Crippen LogP contribution is 2.42. The number of aromatic nitrogens is 2. The Morgan fingerprint density at radius 1 is 1.22 bits per heavy atom. The van der Waals surface area contributed by atoms with Crippen molar-refractivity contribution in [2.45, 2.75) is 57.4 Å². The third kappa shape index (κ3) is 2.68. The highest BCUT2D eigenvalue weighted by atomic mass is 32.1. The van der Waals surface area contributed by atoms with E-state index < -0.39 is 0 Å². The van der Waals surface area contributed by atoms with Gasteiger partial charge in [-0.2, -0.15) is 0 Å². The van der Waals surface area contributed by atoms with Crippen molar-refractivity contribution in [1.29, 1.82) is 0 Å². The minimum absolute atomic E-state index is 0.00793. The quantitative estimate of drug-likeness (QED) is 0.864. The standard InChI is InChI=1S/C21H28N4OS/c1-2-25-10-7-17-19(23-14-22-17)21(25)8-11-24(12-9-21)20(26)18-16-6-4-3-5-15(16)13-27-18/h13-14H,2-12H2,1H3,(H,22,23). The largest absolute Gasteiger partial charge is 0.348 e. The van der Waals surface area contributed by atoms with Gasteiger partial charge in [0.25, 0.3) is 5.91 Å². The molecule has 2 aromatic rings. The number of hydrogen-bond acceptors (Lipinski definition) is 4. The van der Waals surface area contributed by atoms with Crippen molar-refractivity contribution < 1.29 is 4.79 Å². The minimum atomic E-state index is 0.00793. The van der Waals surface area contributed by atoms with Crippen molar-refractivity contribution in [2.24, 2.45) is 0 Å². The number of likely N-dealkylation sites (tertiary alicyclic amines) is 1. The normalized spacial score (nSPS) is 21.9. The molecule has 0 aromatic carbocycles. The Morgan fingerprint density at radius 2 is 2.04 bits per heavy atom. The van der Waals surface area contributed by atoms with Crippen molar-refractivity contribution in [2.75, 3.05) is 26.2 Å². The number of piperidine rings is 1. The van der Waals surface area contributed by atoms with Crippen LogP contribution in [0.3, 0.4) is 0 Å². The molecule has 6 heteroatoms. The van der Waals surface area contributed by atoms with Gasteiger partial charge in [0.1, 0.15) is 0 Å². The molecule has 0 bridgehead atoms. The van der Waals surface area contributed by atoms with Crippen LogP contribution in [0, 0.1) is 0 Å². The van der Waals surface area contributed by atoms with E-state index in [4.69, 9.17) is 4.98 Å². The summed E-state index contributed by atoms with van der Waals surface area (Å²) in [6.07, 6.45) is 9.59. The fourth-order valence-corrected chi connectivity index (χ4v) is 6.58. The number of H-pyrrole nitrogens is 1. The lowest BCUT2D eigenvalue weighted by Crippen LogP contribution is -2.57. The van der Waals surface area contributed by atoms with E-state index in [1.54, 1.807) is 11.3 Å². The number of thiophene rings is 1. The van der Waals surface area contributed by atoms with Gasteiger partial charge in [-0.15, -0.1) is 11.3 Å². The second-order valence-electron chi connectivity index (χ2n) is 8.16. The molecule has 5 rings (SSSR count). The fraction of sp³-hybridized carbons (Fsp3) is 0.619. The van der Waals surface area contributed by atoms with Gasteiger partial charge in [-0.3, -0.25) is 9.69 Å². The molecule has 5 nitrogen and oxygen atoms in total. The summed E-state index contributed by atoms with van der Waals surface area (Å²) in [6.45, 7) is 6.02. The van der Waals surface area contributed by atoms with E-state index in [1.165, 1.54) is 35.4 Å². The summed E-state index contributed by atoms with van der Waals surface area (Å²) in [6, 6.07) is 0. The second-order valence-corrected chi connectivity index (χ2v) is 9.04. The molecule has 0 radical (unpaired) electrons. The third-order valence-electron chi connectivity index (χ3n) is 6.95. The monoisotopic (exact) mass is 384 g/mol. The molecule has 2 aliphatic heterocycles. The molecule has 144 valence electrons. The average molecular weight is 385 g/mol. The number of fused-ring (bicyclic) bond motifs is 3. The topological polar surface area (TPSA) is 52.2 Å². The van der Waals surface area contributed by atoms with Crippen LogP contribution in [-0.2, 0) is 24.8 Å². The Bertz CT molecular complexity index is 846. The molecule has 2 aromatic heterocycles. The molecule has 1 saturated heterocycles.